The van der Waals surface area contributed by atoms with Crippen LogP contribution in [0.5, 0.6) is 5.75 Å². The molecule has 2 rings (SSSR count). The lowest BCUT2D eigenvalue weighted by molar-refractivity contribution is -0.136. The Balaban J connectivity index is 1.60. The minimum Gasteiger partial charge on any atom is -0.493 e. The normalized spacial score (nSPS) is 14.4. The molecule has 28 heavy (non-hydrogen) atoms. The molecule has 3 amide bonds. The van der Waals surface area contributed by atoms with Gasteiger partial charge in [-0.2, -0.15) is 0 Å². The average Bonchev–Trinajstić information content (AvgIpc) is 2.73. The molecular formula is C21H31N3O4. The summed E-state index contributed by atoms with van der Waals surface area (Å²) >= 11 is 0. The van der Waals surface area contributed by atoms with Gasteiger partial charge in [-0.15, -0.1) is 0 Å². The summed E-state index contributed by atoms with van der Waals surface area (Å²) in [5, 5.41) is 5.62. The van der Waals surface area contributed by atoms with Gasteiger partial charge in [-0.3, -0.25) is 14.4 Å². The summed E-state index contributed by atoms with van der Waals surface area (Å²) in [4.78, 5) is 37.9. The second-order valence-electron chi connectivity index (χ2n) is 6.96. The Kier molecular flexibility index (Phi) is 9.31. The summed E-state index contributed by atoms with van der Waals surface area (Å²) in [6, 6.07) is 9.43. The van der Waals surface area contributed by atoms with Gasteiger partial charge < -0.3 is 20.3 Å². The van der Waals surface area contributed by atoms with Gasteiger partial charge in [0, 0.05) is 38.5 Å². The first-order valence-electron chi connectivity index (χ1n) is 10.1. The lowest BCUT2D eigenvalue weighted by Gasteiger charge is -2.31. The number of para-hydroxylation sites is 1. The SMILES string of the molecule is CCCNC(=O)CCNC(=O)C1CCN(C(=O)CCOc2ccccc2)CC1. The molecule has 0 saturated carbocycles. The Bertz CT molecular complexity index is 628. The largest absolute Gasteiger partial charge is 0.493 e. The molecule has 0 radical (unpaired) electrons. The van der Waals surface area contributed by atoms with Gasteiger partial charge in [0.15, 0.2) is 0 Å². The number of benzene rings is 1. The van der Waals surface area contributed by atoms with Gasteiger partial charge in [-0.25, -0.2) is 0 Å². The molecule has 7 heteroatoms. The number of amides is 3. The van der Waals surface area contributed by atoms with Crippen molar-refractivity contribution < 1.29 is 19.1 Å². The predicted octanol–water partition coefficient (Wildman–Crippen LogP) is 1.73. The molecule has 1 aliphatic heterocycles. The molecule has 154 valence electrons. The summed E-state index contributed by atoms with van der Waals surface area (Å²) in [7, 11) is 0. The summed E-state index contributed by atoms with van der Waals surface area (Å²) < 4.78 is 5.57. The van der Waals surface area contributed by atoms with Gasteiger partial charge in [-0.05, 0) is 31.4 Å². The number of carbonyl (C=O) groups is 3. The maximum atomic E-state index is 12.3. The van der Waals surface area contributed by atoms with E-state index in [0.29, 0.717) is 58.5 Å². The highest BCUT2D eigenvalue weighted by molar-refractivity contribution is 5.81. The van der Waals surface area contributed by atoms with Crippen LogP contribution in [-0.4, -0.2) is 55.4 Å². The maximum absolute atomic E-state index is 12.3. The number of nitrogens with one attached hydrogen (secondary N) is 2. The van der Waals surface area contributed by atoms with E-state index in [9.17, 15) is 14.4 Å². The fourth-order valence-electron chi connectivity index (χ4n) is 3.12. The summed E-state index contributed by atoms with van der Waals surface area (Å²) in [5.41, 5.74) is 0. The standard InChI is InChI=1S/C21H31N3O4/c1-2-12-22-19(25)8-13-23-21(27)17-9-14-24(15-10-17)20(26)11-16-28-18-6-4-3-5-7-18/h3-7,17H,2,8-16H2,1H3,(H,22,25)(H,23,27). The third-order valence-corrected chi connectivity index (χ3v) is 4.77. The van der Waals surface area contributed by atoms with Crippen LogP contribution in [0.2, 0.25) is 0 Å². The first-order valence-corrected chi connectivity index (χ1v) is 10.1. The van der Waals surface area contributed by atoms with Crippen molar-refractivity contribution in [2.75, 3.05) is 32.8 Å². The summed E-state index contributed by atoms with van der Waals surface area (Å²) in [6.07, 6.45) is 2.83. The van der Waals surface area contributed by atoms with E-state index in [4.69, 9.17) is 4.74 Å². The van der Waals surface area contributed by atoms with Crippen LogP contribution < -0.4 is 15.4 Å². The molecule has 1 saturated heterocycles. The van der Waals surface area contributed by atoms with Crippen LogP contribution in [0, 0.1) is 5.92 Å². The van der Waals surface area contributed by atoms with Crippen LogP contribution >= 0.6 is 0 Å². The fraction of sp³-hybridized carbons (Fsp3) is 0.571. The van der Waals surface area contributed by atoms with Crippen molar-refractivity contribution in [1.29, 1.82) is 0 Å². The van der Waals surface area contributed by atoms with Gasteiger partial charge >= 0.3 is 0 Å². The zero-order valence-corrected chi connectivity index (χ0v) is 16.6. The summed E-state index contributed by atoms with van der Waals surface area (Å²) in [6.45, 7) is 4.53. The van der Waals surface area contributed by atoms with E-state index in [1.54, 1.807) is 4.90 Å². The minimum atomic E-state index is -0.0941. The number of ether oxygens (including phenoxy) is 1. The van der Waals surface area contributed by atoms with Crippen molar-refractivity contribution in [3.05, 3.63) is 30.3 Å². The van der Waals surface area contributed by atoms with Crippen molar-refractivity contribution in [2.24, 2.45) is 5.92 Å². The van der Waals surface area contributed by atoms with E-state index in [2.05, 4.69) is 10.6 Å². The number of piperidine rings is 1. The molecule has 7 nitrogen and oxygen atoms in total. The van der Waals surface area contributed by atoms with Crippen LogP contribution in [0.15, 0.2) is 30.3 Å². The molecule has 1 fully saturated rings. The van der Waals surface area contributed by atoms with E-state index in [1.165, 1.54) is 0 Å². The summed E-state index contributed by atoms with van der Waals surface area (Å²) in [5.74, 6) is 0.655. The molecule has 0 bridgehead atoms. The van der Waals surface area contributed by atoms with E-state index in [1.807, 2.05) is 37.3 Å². The van der Waals surface area contributed by atoms with Crippen LogP contribution in [0.1, 0.15) is 39.0 Å². The van der Waals surface area contributed by atoms with Gasteiger partial charge in [0.2, 0.25) is 17.7 Å². The van der Waals surface area contributed by atoms with Crippen molar-refractivity contribution in [1.82, 2.24) is 15.5 Å². The molecule has 2 N–H and O–H groups in total. The van der Waals surface area contributed by atoms with E-state index >= 15 is 0 Å². The van der Waals surface area contributed by atoms with Gasteiger partial charge in [0.25, 0.3) is 0 Å². The minimum absolute atomic E-state index is 0.0252. The van der Waals surface area contributed by atoms with Gasteiger partial charge in [0.1, 0.15) is 5.75 Å². The molecule has 1 aromatic rings. The van der Waals surface area contributed by atoms with Crippen LogP contribution in [0.25, 0.3) is 0 Å². The fourth-order valence-corrected chi connectivity index (χ4v) is 3.12. The van der Waals surface area contributed by atoms with Crippen LogP contribution in [0.4, 0.5) is 0 Å². The first-order chi connectivity index (χ1) is 13.6. The number of hydrogen-bond donors (Lipinski definition) is 2. The van der Waals surface area contributed by atoms with Crippen molar-refractivity contribution >= 4 is 17.7 Å². The molecule has 1 aromatic carbocycles. The highest BCUT2D eigenvalue weighted by Crippen LogP contribution is 2.18. The van der Waals surface area contributed by atoms with Gasteiger partial charge in [-0.1, -0.05) is 25.1 Å². The van der Waals surface area contributed by atoms with Crippen LogP contribution in [-0.2, 0) is 14.4 Å². The molecule has 0 unspecified atom stereocenters. The number of likely N-dealkylation sites (tertiary alicyclic amines) is 1. The number of hydrogen-bond acceptors (Lipinski definition) is 4. The van der Waals surface area contributed by atoms with Crippen molar-refractivity contribution in [2.45, 2.75) is 39.0 Å². The average molecular weight is 389 g/mol. The lowest BCUT2D eigenvalue weighted by Crippen LogP contribution is -2.43. The number of nitrogens with zero attached hydrogens (tertiary/aromatic N) is 1. The Morgan fingerprint density at radius 1 is 1.04 bits per heavy atom. The Morgan fingerprint density at radius 2 is 1.75 bits per heavy atom. The zero-order chi connectivity index (χ0) is 20.2. The second kappa shape index (κ2) is 12.0. The second-order valence-corrected chi connectivity index (χ2v) is 6.96. The highest BCUT2D eigenvalue weighted by Gasteiger charge is 2.27. The Morgan fingerprint density at radius 3 is 2.43 bits per heavy atom. The molecule has 0 atom stereocenters. The van der Waals surface area contributed by atoms with E-state index in [-0.39, 0.29) is 23.6 Å². The first kappa shape index (κ1) is 21.7. The lowest BCUT2D eigenvalue weighted by atomic mass is 9.95. The van der Waals surface area contributed by atoms with Gasteiger partial charge in [0.05, 0.1) is 13.0 Å². The molecule has 1 heterocycles. The number of rotatable bonds is 10. The third kappa shape index (κ3) is 7.58. The quantitative estimate of drug-likeness (QED) is 0.638. The van der Waals surface area contributed by atoms with Crippen molar-refractivity contribution in [3.63, 3.8) is 0 Å². The smallest absolute Gasteiger partial charge is 0.225 e. The molecule has 0 aliphatic carbocycles. The topological polar surface area (TPSA) is 87.7 Å². The van der Waals surface area contributed by atoms with E-state index < -0.39 is 0 Å². The zero-order valence-electron chi connectivity index (χ0n) is 16.6. The Labute approximate surface area is 166 Å². The highest BCUT2D eigenvalue weighted by atomic mass is 16.5. The predicted molar refractivity (Wildman–Crippen MR) is 107 cm³/mol. The number of carbonyl (C=O) groups excluding carboxylic acids is 3. The molecular weight excluding hydrogens is 358 g/mol. The van der Waals surface area contributed by atoms with Crippen LogP contribution in [0.3, 0.4) is 0 Å². The van der Waals surface area contributed by atoms with E-state index in [0.717, 1.165) is 12.2 Å². The van der Waals surface area contributed by atoms with Crippen molar-refractivity contribution in [3.8, 4) is 5.75 Å². The molecule has 0 spiro atoms. The molecule has 0 aromatic heterocycles. The third-order valence-electron chi connectivity index (χ3n) is 4.77. The Hall–Kier alpha value is -2.57. The molecule has 1 aliphatic rings. The maximum Gasteiger partial charge on any atom is 0.225 e. The monoisotopic (exact) mass is 389 g/mol.